The molecule has 1 saturated carbocycles. The van der Waals surface area contributed by atoms with E-state index in [1.54, 1.807) is 6.07 Å². The monoisotopic (exact) mass is 358 g/mol. The summed E-state index contributed by atoms with van der Waals surface area (Å²) in [7, 11) is 0. The van der Waals surface area contributed by atoms with Gasteiger partial charge in [-0.3, -0.25) is 9.59 Å². The minimum absolute atomic E-state index is 0.0329. The van der Waals surface area contributed by atoms with Crippen LogP contribution in [0.3, 0.4) is 0 Å². The molecule has 1 fully saturated rings. The molecule has 0 aromatic heterocycles. The molecule has 4 rings (SSSR count). The predicted octanol–water partition coefficient (Wildman–Crippen LogP) is 4.41. The smallest absolute Gasteiger partial charge is 0.314 e. The summed E-state index contributed by atoms with van der Waals surface area (Å²) in [5.41, 5.74) is 0.408. The van der Waals surface area contributed by atoms with E-state index in [0.29, 0.717) is 11.3 Å². The standard InChI is InChI=1S/C19H12ClFO4/c20-14-2-1-3-15(21)13(14)9-17-18(22)12-7-6-11(8-16(12)25-17)24-19(23)10-4-5-10/h1-3,6-10H,4-5H2/b17-9-. The number of fused-ring (bicyclic) bond motifs is 1. The Morgan fingerprint density at radius 1 is 1.28 bits per heavy atom. The number of carbonyl (C=O) groups excluding carboxylic acids is 2. The molecule has 0 radical (unpaired) electrons. The van der Waals surface area contributed by atoms with Crippen molar-refractivity contribution in [2.24, 2.45) is 5.92 Å². The van der Waals surface area contributed by atoms with E-state index in [9.17, 15) is 14.0 Å². The summed E-state index contributed by atoms with van der Waals surface area (Å²) in [5.74, 6) is -0.695. The summed E-state index contributed by atoms with van der Waals surface area (Å²) >= 11 is 5.98. The van der Waals surface area contributed by atoms with Crippen LogP contribution in [0.2, 0.25) is 5.02 Å². The zero-order valence-corrected chi connectivity index (χ0v) is 13.7. The van der Waals surface area contributed by atoms with Crippen LogP contribution in [-0.2, 0) is 4.79 Å². The van der Waals surface area contributed by atoms with Crippen molar-refractivity contribution in [3.8, 4) is 11.5 Å². The van der Waals surface area contributed by atoms with Gasteiger partial charge in [-0.15, -0.1) is 0 Å². The molecule has 0 bridgehead atoms. The van der Waals surface area contributed by atoms with E-state index in [-0.39, 0.29) is 39.8 Å². The van der Waals surface area contributed by atoms with Crippen LogP contribution in [-0.4, -0.2) is 11.8 Å². The molecule has 2 aliphatic rings. The minimum atomic E-state index is -0.550. The summed E-state index contributed by atoms with van der Waals surface area (Å²) in [6.45, 7) is 0. The fourth-order valence-corrected chi connectivity index (χ4v) is 2.75. The molecule has 0 amide bonds. The van der Waals surface area contributed by atoms with Gasteiger partial charge in [-0.25, -0.2) is 4.39 Å². The molecule has 0 unspecified atom stereocenters. The Labute approximate surface area is 147 Å². The minimum Gasteiger partial charge on any atom is -0.452 e. The van der Waals surface area contributed by atoms with E-state index < -0.39 is 5.82 Å². The van der Waals surface area contributed by atoms with Crippen LogP contribution in [0.4, 0.5) is 4.39 Å². The zero-order chi connectivity index (χ0) is 17.6. The highest BCUT2D eigenvalue weighted by molar-refractivity contribution is 6.32. The zero-order valence-electron chi connectivity index (χ0n) is 12.9. The third-order valence-electron chi connectivity index (χ3n) is 4.05. The summed E-state index contributed by atoms with van der Waals surface area (Å²) in [4.78, 5) is 24.1. The van der Waals surface area contributed by atoms with E-state index in [2.05, 4.69) is 0 Å². The van der Waals surface area contributed by atoms with Crippen molar-refractivity contribution >= 4 is 29.4 Å². The van der Waals surface area contributed by atoms with Gasteiger partial charge in [0.15, 0.2) is 5.76 Å². The van der Waals surface area contributed by atoms with E-state index in [1.807, 2.05) is 0 Å². The highest BCUT2D eigenvalue weighted by Gasteiger charge is 2.33. The topological polar surface area (TPSA) is 52.6 Å². The molecule has 6 heteroatoms. The maximum atomic E-state index is 13.9. The number of rotatable bonds is 3. The van der Waals surface area contributed by atoms with Crippen LogP contribution in [0.25, 0.3) is 6.08 Å². The van der Waals surface area contributed by atoms with E-state index in [0.717, 1.165) is 12.8 Å². The lowest BCUT2D eigenvalue weighted by Gasteiger charge is -2.04. The van der Waals surface area contributed by atoms with Crippen molar-refractivity contribution in [2.75, 3.05) is 0 Å². The van der Waals surface area contributed by atoms with Crippen LogP contribution in [0, 0.1) is 11.7 Å². The van der Waals surface area contributed by atoms with Gasteiger partial charge in [0, 0.05) is 11.6 Å². The average molecular weight is 359 g/mol. The molecule has 2 aromatic rings. The molecule has 1 aliphatic carbocycles. The van der Waals surface area contributed by atoms with Crippen LogP contribution in [0.1, 0.15) is 28.8 Å². The van der Waals surface area contributed by atoms with Crippen molar-refractivity contribution in [1.82, 2.24) is 0 Å². The molecule has 4 nitrogen and oxygen atoms in total. The van der Waals surface area contributed by atoms with E-state index in [4.69, 9.17) is 21.1 Å². The summed E-state index contributed by atoms with van der Waals surface area (Å²) in [6, 6.07) is 8.80. The van der Waals surface area contributed by atoms with Crippen LogP contribution in [0.5, 0.6) is 11.5 Å². The van der Waals surface area contributed by atoms with Crippen molar-refractivity contribution < 1.29 is 23.5 Å². The van der Waals surface area contributed by atoms with Gasteiger partial charge in [0.25, 0.3) is 0 Å². The van der Waals surface area contributed by atoms with Crippen LogP contribution < -0.4 is 9.47 Å². The highest BCUT2D eigenvalue weighted by Crippen LogP contribution is 2.37. The second-order valence-electron chi connectivity index (χ2n) is 5.93. The number of halogens is 2. The number of benzene rings is 2. The van der Waals surface area contributed by atoms with Gasteiger partial charge >= 0.3 is 5.97 Å². The van der Waals surface area contributed by atoms with Gasteiger partial charge in [0.1, 0.15) is 17.3 Å². The average Bonchev–Trinajstić information content (AvgIpc) is 3.38. The van der Waals surface area contributed by atoms with Crippen molar-refractivity contribution in [2.45, 2.75) is 12.8 Å². The molecule has 0 N–H and O–H groups in total. The lowest BCUT2D eigenvalue weighted by atomic mass is 10.1. The second-order valence-corrected chi connectivity index (χ2v) is 6.34. The maximum absolute atomic E-state index is 13.9. The first kappa shape index (κ1) is 15.8. The summed E-state index contributed by atoms with van der Waals surface area (Å²) < 4.78 is 24.7. The third-order valence-corrected chi connectivity index (χ3v) is 4.38. The largest absolute Gasteiger partial charge is 0.452 e. The van der Waals surface area contributed by atoms with Crippen molar-refractivity contribution in [1.29, 1.82) is 0 Å². The van der Waals surface area contributed by atoms with Gasteiger partial charge in [0.2, 0.25) is 5.78 Å². The molecule has 25 heavy (non-hydrogen) atoms. The normalized spacial score (nSPS) is 17.4. The van der Waals surface area contributed by atoms with Crippen LogP contribution >= 0.6 is 11.6 Å². The lowest BCUT2D eigenvalue weighted by molar-refractivity contribution is -0.135. The third kappa shape index (κ3) is 3.03. The van der Waals surface area contributed by atoms with Crippen molar-refractivity contribution in [3.63, 3.8) is 0 Å². The molecule has 0 atom stereocenters. The SMILES string of the molecule is O=C1/C(=C/c2c(F)cccc2Cl)Oc2cc(OC(=O)C3CC3)ccc21. The number of Topliss-reactive ketones (excluding diaryl/α,β-unsaturated/α-hetero) is 1. The predicted molar refractivity (Wildman–Crippen MR) is 89.1 cm³/mol. The fourth-order valence-electron chi connectivity index (χ4n) is 2.53. The first-order valence-corrected chi connectivity index (χ1v) is 8.15. The molecule has 0 saturated heterocycles. The van der Waals surface area contributed by atoms with Gasteiger partial charge in [-0.2, -0.15) is 0 Å². The van der Waals surface area contributed by atoms with E-state index >= 15 is 0 Å². The number of allylic oxidation sites excluding steroid dienone is 1. The number of esters is 1. The Balaban J connectivity index is 1.62. The van der Waals surface area contributed by atoms with Gasteiger partial charge in [-0.05, 0) is 43.2 Å². The number of ether oxygens (including phenoxy) is 2. The fraction of sp³-hybridized carbons (Fsp3) is 0.158. The summed E-state index contributed by atoms with van der Waals surface area (Å²) in [6.07, 6.45) is 2.96. The molecule has 1 heterocycles. The molecule has 2 aromatic carbocycles. The first-order valence-electron chi connectivity index (χ1n) is 7.77. The Hall–Kier alpha value is -2.66. The first-order chi connectivity index (χ1) is 12.0. The molecular formula is C19H12ClFO4. The number of ketones is 1. The number of carbonyl (C=O) groups is 2. The highest BCUT2D eigenvalue weighted by atomic mass is 35.5. The second kappa shape index (κ2) is 6.01. The molecule has 0 spiro atoms. The number of hydrogen-bond donors (Lipinski definition) is 0. The van der Waals surface area contributed by atoms with E-state index in [1.165, 1.54) is 36.4 Å². The summed E-state index contributed by atoms with van der Waals surface area (Å²) in [5, 5.41) is 0.180. The van der Waals surface area contributed by atoms with Crippen LogP contribution in [0.15, 0.2) is 42.2 Å². The lowest BCUT2D eigenvalue weighted by Crippen LogP contribution is -2.09. The number of hydrogen-bond acceptors (Lipinski definition) is 4. The Bertz CT molecular complexity index is 911. The van der Waals surface area contributed by atoms with Gasteiger partial charge < -0.3 is 9.47 Å². The van der Waals surface area contributed by atoms with Gasteiger partial charge in [0.05, 0.1) is 16.5 Å². The quantitative estimate of drug-likeness (QED) is 0.463. The maximum Gasteiger partial charge on any atom is 0.314 e. The Morgan fingerprint density at radius 2 is 2.08 bits per heavy atom. The Kier molecular flexibility index (Phi) is 3.81. The molecule has 1 aliphatic heterocycles. The van der Waals surface area contributed by atoms with Gasteiger partial charge in [-0.1, -0.05) is 17.7 Å². The van der Waals surface area contributed by atoms with Crippen molar-refractivity contribution in [3.05, 3.63) is 64.1 Å². The Morgan fingerprint density at radius 3 is 2.80 bits per heavy atom. The molecule has 126 valence electrons. The molecular weight excluding hydrogens is 347 g/mol.